The van der Waals surface area contributed by atoms with Gasteiger partial charge in [-0.05, 0) is 37.0 Å². The first kappa shape index (κ1) is 14.6. The second-order valence-electron chi connectivity index (χ2n) is 6.00. The molecule has 5 heteroatoms. The quantitative estimate of drug-likeness (QED) is 0.850. The summed E-state index contributed by atoms with van der Waals surface area (Å²) in [6.45, 7) is 3.78. The smallest absolute Gasteiger partial charge is 0.222 e. The van der Waals surface area contributed by atoms with Gasteiger partial charge < -0.3 is 10.3 Å². The lowest BCUT2D eigenvalue weighted by molar-refractivity contribution is -0.124. The van der Waals surface area contributed by atoms with E-state index in [9.17, 15) is 9.18 Å². The number of H-pyrrole nitrogens is 1. The molecule has 3 nitrogen and oxygen atoms in total. The maximum Gasteiger partial charge on any atom is 0.222 e. The molecule has 112 valence electrons. The predicted molar refractivity (Wildman–Crippen MR) is 84.8 cm³/mol. The molecule has 0 saturated carbocycles. The molecule has 2 N–H and O–H groups in total. The Balaban J connectivity index is 1.93. The number of aromatic nitrogens is 1. The van der Waals surface area contributed by atoms with E-state index in [0.717, 1.165) is 40.4 Å². The minimum atomic E-state index is -0.239. The molecule has 0 fully saturated rings. The number of amides is 1. The van der Waals surface area contributed by atoms with E-state index in [1.165, 1.54) is 6.07 Å². The highest BCUT2D eigenvalue weighted by molar-refractivity contribution is 9.10. The van der Waals surface area contributed by atoms with E-state index < -0.39 is 0 Å². The summed E-state index contributed by atoms with van der Waals surface area (Å²) in [5.41, 5.74) is 2.79. The second-order valence-corrected chi connectivity index (χ2v) is 6.91. The fraction of sp³-hybridized carbons (Fsp3) is 0.438. The highest BCUT2D eigenvalue weighted by atomic mass is 79.9. The normalized spacial score (nSPS) is 18.0. The van der Waals surface area contributed by atoms with Gasteiger partial charge in [-0.25, -0.2) is 4.39 Å². The summed E-state index contributed by atoms with van der Waals surface area (Å²) < 4.78 is 14.8. The molecular formula is C16H18BrFN2O. The summed E-state index contributed by atoms with van der Waals surface area (Å²) in [4.78, 5) is 15.0. The molecular weight excluding hydrogens is 335 g/mol. The van der Waals surface area contributed by atoms with Crippen LogP contribution in [0.15, 0.2) is 16.6 Å². The maximum absolute atomic E-state index is 14.0. The number of carbonyl (C=O) groups excluding carboxylic acids is 1. The zero-order chi connectivity index (χ0) is 15.1. The molecule has 0 radical (unpaired) electrons. The Morgan fingerprint density at radius 2 is 2.24 bits per heavy atom. The molecule has 0 bridgehead atoms. The SMILES string of the molecule is CC(C)C(=O)NC1CCc2[nH]c3c(F)cc(Br)cc3c2C1. The first-order chi connectivity index (χ1) is 9.95. The van der Waals surface area contributed by atoms with Crippen LogP contribution in [0.5, 0.6) is 0 Å². The molecule has 0 aliphatic heterocycles. The third-order valence-corrected chi connectivity index (χ3v) is 4.54. The molecule has 21 heavy (non-hydrogen) atoms. The summed E-state index contributed by atoms with van der Waals surface area (Å²) >= 11 is 3.35. The zero-order valence-corrected chi connectivity index (χ0v) is 13.7. The number of carbonyl (C=O) groups is 1. The number of halogens is 2. The molecule has 1 heterocycles. The van der Waals surface area contributed by atoms with E-state index in [4.69, 9.17) is 0 Å². The molecule has 1 aliphatic carbocycles. The summed E-state index contributed by atoms with van der Waals surface area (Å²) in [6, 6.07) is 3.55. The summed E-state index contributed by atoms with van der Waals surface area (Å²) in [6.07, 6.45) is 2.48. The first-order valence-electron chi connectivity index (χ1n) is 7.24. The highest BCUT2D eigenvalue weighted by Gasteiger charge is 2.25. The van der Waals surface area contributed by atoms with Crippen molar-refractivity contribution in [3.63, 3.8) is 0 Å². The third kappa shape index (κ3) is 2.71. The molecule has 0 saturated heterocycles. The Bertz CT molecular complexity index is 708. The molecule has 0 spiro atoms. The van der Waals surface area contributed by atoms with Crippen molar-refractivity contribution in [2.45, 2.75) is 39.2 Å². The van der Waals surface area contributed by atoms with E-state index in [1.807, 2.05) is 19.9 Å². The van der Waals surface area contributed by atoms with Crippen LogP contribution in [-0.2, 0) is 17.6 Å². The molecule has 1 atom stereocenters. The van der Waals surface area contributed by atoms with Crippen LogP contribution in [0.25, 0.3) is 10.9 Å². The highest BCUT2D eigenvalue weighted by Crippen LogP contribution is 2.32. The van der Waals surface area contributed by atoms with Gasteiger partial charge in [0.1, 0.15) is 5.82 Å². The summed E-state index contributed by atoms with van der Waals surface area (Å²) in [7, 11) is 0. The number of rotatable bonds is 2. The van der Waals surface area contributed by atoms with Crippen LogP contribution >= 0.6 is 15.9 Å². The number of aromatic amines is 1. The number of hydrogen-bond acceptors (Lipinski definition) is 1. The van der Waals surface area contributed by atoms with Crippen LogP contribution < -0.4 is 5.32 Å². The first-order valence-corrected chi connectivity index (χ1v) is 8.04. The Morgan fingerprint density at radius 3 is 2.95 bits per heavy atom. The van der Waals surface area contributed by atoms with Crippen molar-refractivity contribution >= 4 is 32.7 Å². The Hall–Kier alpha value is -1.36. The van der Waals surface area contributed by atoms with Gasteiger partial charge in [0, 0.05) is 27.5 Å². The molecule has 1 unspecified atom stereocenters. The van der Waals surface area contributed by atoms with E-state index in [0.29, 0.717) is 5.52 Å². The number of nitrogens with one attached hydrogen (secondary N) is 2. The molecule has 2 aromatic rings. The van der Waals surface area contributed by atoms with Crippen molar-refractivity contribution in [2.75, 3.05) is 0 Å². The van der Waals surface area contributed by atoms with Gasteiger partial charge in [-0.3, -0.25) is 4.79 Å². The van der Waals surface area contributed by atoms with Crippen LogP contribution in [-0.4, -0.2) is 16.9 Å². The van der Waals surface area contributed by atoms with Crippen molar-refractivity contribution in [1.29, 1.82) is 0 Å². The van der Waals surface area contributed by atoms with Gasteiger partial charge in [-0.1, -0.05) is 29.8 Å². The van der Waals surface area contributed by atoms with Gasteiger partial charge in [-0.15, -0.1) is 0 Å². The third-order valence-electron chi connectivity index (χ3n) is 4.08. The molecule has 3 rings (SSSR count). The van der Waals surface area contributed by atoms with Crippen molar-refractivity contribution < 1.29 is 9.18 Å². The van der Waals surface area contributed by atoms with Gasteiger partial charge in [0.2, 0.25) is 5.91 Å². The van der Waals surface area contributed by atoms with E-state index in [-0.39, 0.29) is 23.7 Å². The molecule has 1 amide bonds. The number of aryl methyl sites for hydroxylation is 1. The Morgan fingerprint density at radius 1 is 1.48 bits per heavy atom. The number of benzene rings is 1. The van der Waals surface area contributed by atoms with Crippen LogP contribution in [0, 0.1) is 11.7 Å². The van der Waals surface area contributed by atoms with Gasteiger partial charge in [-0.2, -0.15) is 0 Å². The van der Waals surface area contributed by atoms with Gasteiger partial charge in [0.15, 0.2) is 0 Å². The predicted octanol–water partition coefficient (Wildman–Crippen LogP) is 3.70. The summed E-state index contributed by atoms with van der Waals surface area (Å²) in [5.74, 6) is -0.173. The fourth-order valence-electron chi connectivity index (χ4n) is 2.93. The average molecular weight is 353 g/mol. The van der Waals surface area contributed by atoms with Crippen LogP contribution in [0.3, 0.4) is 0 Å². The van der Waals surface area contributed by atoms with E-state index >= 15 is 0 Å². The second kappa shape index (κ2) is 5.44. The van der Waals surface area contributed by atoms with Crippen molar-refractivity contribution in [1.82, 2.24) is 10.3 Å². The Labute approximate surface area is 131 Å². The molecule has 1 aliphatic rings. The maximum atomic E-state index is 14.0. The van der Waals surface area contributed by atoms with Crippen LogP contribution in [0.2, 0.25) is 0 Å². The zero-order valence-electron chi connectivity index (χ0n) is 12.1. The minimum absolute atomic E-state index is 0.0130. The minimum Gasteiger partial charge on any atom is -0.356 e. The van der Waals surface area contributed by atoms with E-state index in [2.05, 4.69) is 26.2 Å². The number of fused-ring (bicyclic) bond motifs is 3. The summed E-state index contributed by atoms with van der Waals surface area (Å²) in [5, 5.41) is 4.00. The number of hydrogen-bond donors (Lipinski definition) is 2. The topological polar surface area (TPSA) is 44.9 Å². The standard InChI is InChI=1S/C16H18BrFN2O/c1-8(2)16(21)19-10-3-4-14-11(7-10)12-5-9(17)6-13(18)15(12)20-14/h5-6,8,10,20H,3-4,7H2,1-2H3,(H,19,21). The van der Waals surface area contributed by atoms with E-state index in [1.54, 1.807) is 0 Å². The Kier molecular flexibility index (Phi) is 3.78. The lowest BCUT2D eigenvalue weighted by Crippen LogP contribution is -2.40. The molecule has 1 aromatic heterocycles. The van der Waals surface area contributed by atoms with Crippen molar-refractivity contribution in [3.8, 4) is 0 Å². The van der Waals surface area contributed by atoms with Crippen molar-refractivity contribution in [3.05, 3.63) is 33.7 Å². The van der Waals surface area contributed by atoms with Crippen molar-refractivity contribution in [2.24, 2.45) is 5.92 Å². The van der Waals surface area contributed by atoms with Gasteiger partial charge in [0.25, 0.3) is 0 Å². The lowest BCUT2D eigenvalue weighted by Gasteiger charge is -2.24. The fourth-order valence-corrected chi connectivity index (χ4v) is 3.36. The van der Waals surface area contributed by atoms with Crippen LogP contribution in [0.4, 0.5) is 4.39 Å². The molecule has 1 aromatic carbocycles. The lowest BCUT2D eigenvalue weighted by atomic mass is 9.91. The monoisotopic (exact) mass is 352 g/mol. The average Bonchev–Trinajstić information content (AvgIpc) is 2.77. The van der Waals surface area contributed by atoms with Gasteiger partial charge in [0.05, 0.1) is 5.52 Å². The largest absolute Gasteiger partial charge is 0.356 e. The van der Waals surface area contributed by atoms with Gasteiger partial charge >= 0.3 is 0 Å². The van der Waals surface area contributed by atoms with Crippen LogP contribution in [0.1, 0.15) is 31.5 Å².